The smallest absolute Gasteiger partial charge is 0.255 e. The Hall–Kier alpha value is -2.56. The second-order valence-electron chi connectivity index (χ2n) is 8.01. The molecule has 0 bridgehead atoms. The summed E-state index contributed by atoms with van der Waals surface area (Å²) in [6.45, 7) is 11.2. The van der Waals surface area contributed by atoms with Crippen molar-refractivity contribution in [2.75, 3.05) is 29.9 Å². The highest BCUT2D eigenvalue weighted by Crippen LogP contribution is 2.31. The van der Waals surface area contributed by atoms with Crippen LogP contribution in [0.5, 0.6) is 0 Å². The Kier molecular flexibility index (Phi) is 6.26. The molecule has 0 aliphatic carbocycles. The predicted octanol–water partition coefficient (Wildman–Crippen LogP) is 5.46. The maximum Gasteiger partial charge on any atom is 0.255 e. The molecule has 2 atom stereocenters. The molecule has 2 aromatic rings. The number of rotatable bonds is 6. The van der Waals surface area contributed by atoms with Gasteiger partial charge in [0.05, 0.1) is 0 Å². The third kappa shape index (κ3) is 4.30. The van der Waals surface area contributed by atoms with E-state index < -0.39 is 0 Å². The molecule has 0 radical (unpaired) electrons. The third-order valence-corrected chi connectivity index (χ3v) is 6.47. The molecule has 2 unspecified atom stereocenters. The first-order chi connectivity index (χ1) is 14.6. The maximum absolute atomic E-state index is 12.6. The molecule has 1 N–H and O–H groups in total. The molecular formula is C25H28ClN3O. The van der Waals surface area contributed by atoms with Gasteiger partial charge in [-0.2, -0.15) is 0 Å². The van der Waals surface area contributed by atoms with Crippen molar-refractivity contribution >= 4 is 35.0 Å². The molecule has 2 aromatic carbocycles. The van der Waals surface area contributed by atoms with E-state index in [2.05, 4.69) is 46.5 Å². The lowest BCUT2D eigenvalue weighted by molar-refractivity contribution is 0.102. The maximum atomic E-state index is 12.6. The van der Waals surface area contributed by atoms with Gasteiger partial charge in [0.25, 0.3) is 5.91 Å². The number of nitrogens with zero attached hydrogens (tertiary/aromatic N) is 2. The van der Waals surface area contributed by atoms with Crippen molar-refractivity contribution in [3.63, 3.8) is 0 Å². The number of amides is 1. The summed E-state index contributed by atoms with van der Waals surface area (Å²) in [7, 11) is 0. The van der Waals surface area contributed by atoms with E-state index in [1.54, 1.807) is 30.3 Å². The van der Waals surface area contributed by atoms with Crippen LogP contribution in [0, 0.1) is 0 Å². The zero-order valence-corrected chi connectivity index (χ0v) is 17.9. The molecule has 0 spiro atoms. The second-order valence-corrected chi connectivity index (χ2v) is 8.44. The van der Waals surface area contributed by atoms with Crippen molar-refractivity contribution in [2.45, 2.75) is 31.3 Å². The van der Waals surface area contributed by atoms with Crippen LogP contribution in [0.3, 0.4) is 0 Å². The SMILES string of the molecule is C=Cc1cc(N2CCC(N3CCCC3C=C)C2)ccc1NC(=O)c1ccc(Cl)cc1. The molecule has 30 heavy (non-hydrogen) atoms. The molecule has 2 fully saturated rings. The van der Waals surface area contributed by atoms with Crippen LogP contribution in [0.25, 0.3) is 6.08 Å². The van der Waals surface area contributed by atoms with E-state index in [1.807, 2.05) is 6.07 Å². The van der Waals surface area contributed by atoms with Gasteiger partial charge in [0.1, 0.15) is 0 Å². The van der Waals surface area contributed by atoms with E-state index >= 15 is 0 Å². The van der Waals surface area contributed by atoms with E-state index in [0.717, 1.165) is 24.3 Å². The minimum absolute atomic E-state index is 0.159. The molecule has 0 aromatic heterocycles. The highest BCUT2D eigenvalue weighted by Gasteiger charge is 2.33. The van der Waals surface area contributed by atoms with Crippen LogP contribution in [-0.2, 0) is 0 Å². The van der Waals surface area contributed by atoms with E-state index in [-0.39, 0.29) is 5.91 Å². The van der Waals surface area contributed by atoms with Gasteiger partial charge in [-0.05, 0) is 73.8 Å². The zero-order chi connectivity index (χ0) is 21.1. The molecular weight excluding hydrogens is 394 g/mol. The van der Waals surface area contributed by atoms with Crippen LogP contribution in [-0.4, -0.2) is 42.5 Å². The van der Waals surface area contributed by atoms with Crippen molar-refractivity contribution in [1.82, 2.24) is 4.90 Å². The normalized spacial score (nSPS) is 21.6. The lowest BCUT2D eigenvalue weighted by Gasteiger charge is -2.29. The van der Waals surface area contributed by atoms with E-state index in [1.165, 1.54) is 31.5 Å². The van der Waals surface area contributed by atoms with Crippen LogP contribution >= 0.6 is 11.6 Å². The van der Waals surface area contributed by atoms with E-state index in [0.29, 0.717) is 22.7 Å². The first-order valence-corrected chi connectivity index (χ1v) is 10.9. The van der Waals surface area contributed by atoms with Gasteiger partial charge >= 0.3 is 0 Å². The summed E-state index contributed by atoms with van der Waals surface area (Å²) in [6.07, 6.45) is 7.55. The molecule has 4 nitrogen and oxygen atoms in total. The lowest BCUT2D eigenvalue weighted by Crippen LogP contribution is -2.40. The Balaban J connectivity index is 1.46. The minimum Gasteiger partial charge on any atom is -0.370 e. The highest BCUT2D eigenvalue weighted by atomic mass is 35.5. The topological polar surface area (TPSA) is 35.6 Å². The number of carbonyl (C=O) groups is 1. The first-order valence-electron chi connectivity index (χ1n) is 10.6. The van der Waals surface area contributed by atoms with Gasteiger partial charge in [-0.3, -0.25) is 9.69 Å². The number of anilines is 2. The van der Waals surface area contributed by atoms with Crippen LogP contribution < -0.4 is 10.2 Å². The molecule has 2 saturated heterocycles. The summed E-state index contributed by atoms with van der Waals surface area (Å²) in [5.74, 6) is -0.159. The summed E-state index contributed by atoms with van der Waals surface area (Å²) in [5.41, 5.74) is 3.42. The van der Waals surface area contributed by atoms with Crippen LogP contribution in [0.4, 0.5) is 11.4 Å². The van der Waals surface area contributed by atoms with E-state index in [9.17, 15) is 4.79 Å². The van der Waals surface area contributed by atoms with Gasteiger partial charge in [0.2, 0.25) is 0 Å². The Morgan fingerprint density at radius 3 is 2.63 bits per heavy atom. The van der Waals surface area contributed by atoms with Crippen molar-refractivity contribution in [3.05, 3.63) is 77.8 Å². The second kappa shape index (κ2) is 9.07. The molecule has 2 aliphatic heterocycles. The largest absolute Gasteiger partial charge is 0.370 e. The molecule has 156 valence electrons. The molecule has 1 amide bonds. The summed E-state index contributed by atoms with van der Waals surface area (Å²) in [6, 6.07) is 14.1. The zero-order valence-electron chi connectivity index (χ0n) is 17.2. The number of likely N-dealkylation sites (tertiary alicyclic amines) is 1. The quantitative estimate of drug-likeness (QED) is 0.628. The van der Waals surface area contributed by atoms with Crippen LogP contribution in [0.2, 0.25) is 5.02 Å². The molecule has 0 saturated carbocycles. The Morgan fingerprint density at radius 1 is 1.10 bits per heavy atom. The third-order valence-electron chi connectivity index (χ3n) is 6.22. The lowest BCUT2D eigenvalue weighted by atomic mass is 10.1. The molecule has 5 heteroatoms. The van der Waals surface area contributed by atoms with Gasteiger partial charge < -0.3 is 10.2 Å². The van der Waals surface area contributed by atoms with Crippen molar-refractivity contribution in [2.24, 2.45) is 0 Å². The monoisotopic (exact) mass is 421 g/mol. The number of carbonyl (C=O) groups excluding carboxylic acids is 1. The fraction of sp³-hybridized carbons (Fsp3) is 0.320. The number of nitrogens with one attached hydrogen (secondary N) is 1. The van der Waals surface area contributed by atoms with Gasteiger partial charge in [-0.25, -0.2) is 0 Å². The number of halogens is 1. The molecule has 2 heterocycles. The van der Waals surface area contributed by atoms with Crippen molar-refractivity contribution in [1.29, 1.82) is 0 Å². The van der Waals surface area contributed by atoms with Gasteiger partial charge in [0, 0.05) is 47.1 Å². The summed E-state index contributed by atoms with van der Waals surface area (Å²) in [4.78, 5) is 17.6. The number of hydrogen-bond donors (Lipinski definition) is 1. The standard InChI is InChI=1S/C25H28ClN3O/c1-3-18-16-22(28-15-13-23(17-28)29-14-5-6-21(29)4-2)11-12-24(18)27-25(30)19-7-9-20(26)10-8-19/h3-4,7-12,16,21,23H,1-2,5-6,13-15,17H2,(H,27,30). The van der Waals surface area contributed by atoms with E-state index in [4.69, 9.17) is 11.6 Å². The summed E-state index contributed by atoms with van der Waals surface area (Å²) < 4.78 is 0. The predicted molar refractivity (Wildman–Crippen MR) is 126 cm³/mol. The first kappa shape index (κ1) is 20.7. The Labute approximate surface area is 183 Å². The van der Waals surface area contributed by atoms with Crippen molar-refractivity contribution in [3.8, 4) is 0 Å². The Morgan fingerprint density at radius 2 is 1.90 bits per heavy atom. The average Bonchev–Trinajstić information content (AvgIpc) is 3.43. The van der Waals surface area contributed by atoms with Crippen molar-refractivity contribution < 1.29 is 4.79 Å². The highest BCUT2D eigenvalue weighted by molar-refractivity contribution is 6.30. The van der Waals surface area contributed by atoms with Gasteiger partial charge in [0.15, 0.2) is 0 Å². The fourth-order valence-electron chi connectivity index (χ4n) is 4.59. The Bertz CT molecular complexity index is 940. The van der Waals surface area contributed by atoms with Gasteiger partial charge in [-0.15, -0.1) is 6.58 Å². The summed E-state index contributed by atoms with van der Waals surface area (Å²) >= 11 is 5.91. The fourth-order valence-corrected chi connectivity index (χ4v) is 4.72. The van der Waals surface area contributed by atoms with Crippen LogP contribution in [0.1, 0.15) is 35.2 Å². The summed E-state index contributed by atoms with van der Waals surface area (Å²) in [5, 5.41) is 3.60. The minimum atomic E-state index is -0.159. The molecule has 4 rings (SSSR count). The number of hydrogen-bond acceptors (Lipinski definition) is 3. The van der Waals surface area contributed by atoms with Crippen LogP contribution in [0.15, 0.2) is 61.7 Å². The van der Waals surface area contributed by atoms with Gasteiger partial charge in [-0.1, -0.05) is 30.3 Å². The number of benzene rings is 2. The molecule has 2 aliphatic rings. The average molecular weight is 422 g/mol.